The fourth-order valence-electron chi connectivity index (χ4n) is 1.43. The summed E-state index contributed by atoms with van der Waals surface area (Å²) in [5.74, 6) is 0. The molecule has 0 saturated carbocycles. The minimum absolute atomic E-state index is 0.569. The van der Waals surface area contributed by atoms with Crippen LogP contribution in [0.1, 0.15) is 5.56 Å². The van der Waals surface area contributed by atoms with E-state index in [-0.39, 0.29) is 0 Å². The Hall–Kier alpha value is -1.31. The maximum atomic E-state index is 5.91. The van der Waals surface area contributed by atoms with Crippen molar-refractivity contribution in [3.05, 3.63) is 59.1 Å². The molecule has 2 aromatic carbocycles. The normalized spacial score (nSPS) is 10.3. The minimum Gasteiger partial charge on any atom is -0.326 e. The highest BCUT2D eigenvalue weighted by Crippen LogP contribution is 2.22. The van der Waals surface area contributed by atoms with Crippen molar-refractivity contribution in [3.63, 3.8) is 0 Å². The molecule has 0 heterocycles. The highest BCUT2D eigenvalue weighted by Gasteiger charge is 1.98. The van der Waals surface area contributed by atoms with Gasteiger partial charge >= 0.3 is 0 Å². The van der Waals surface area contributed by atoms with Gasteiger partial charge in [-0.15, -0.1) is 0 Å². The van der Waals surface area contributed by atoms with E-state index in [1.165, 1.54) is 0 Å². The zero-order chi connectivity index (χ0) is 10.7. The van der Waals surface area contributed by atoms with E-state index in [1.807, 2.05) is 42.5 Å². The quantitative estimate of drug-likeness (QED) is 0.820. The fourth-order valence-corrected chi connectivity index (χ4v) is 1.60. The van der Waals surface area contributed by atoms with E-state index in [4.69, 9.17) is 17.3 Å². The van der Waals surface area contributed by atoms with Gasteiger partial charge in [0, 0.05) is 11.6 Å². The maximum absolute atomic E-state index is 5.91. The molecule has 1 nitrogen and oxygen atoms in total. The summed E-state index contributed by atoms with van der Waals surface area (Å²) in [7, 11) is 0. The van der Waals surface area contributed by atoms with E-state index in [0.717, 1.165) is 21.7 Å². The summed E-state index contributed by atoms with van der Waals surface area (Å²) < 4.78 is 0. The van der Waals surface area contributed by atoms with Gasteiger partial charge in [0.1, 0.15) is 0 Å². The Kier molecular flexibility index (Phi) is 3.05. The molecular weight excluding hydrogens is 206 g/mol. The molecule has 0 amide bonds. The van der Waals surface area contributed by atoms with Gasteiger partial charge in [-0.25, -0.2) is 0 Å². The van der Waals surface area contributed by atoms with Crippen molar-refractivity contribution in [2.45, 2.75) is 6.54 Å². The van der Waals surface area contributed by atoms with Crippen LogP contribution in [0.25, 0.3) is 11.1 Å². The van der Waals surface area contributed by atoms with Crippen molar-refractivity contribution in [2.24, 2.45) is 5.73 Å². The van der Waals surface area contributed by atoms with Crippen molar-refractivity contribution in [1.29, 1.82) is 0 Å². The van der Waals surface area contributed by atoms with E-state index in [1.54, 1.807) is 0 Å². The van der Waals surface area contributed by atoms with Crippen LogP contribution in [-0.4, -0.2) is 0 Å². The predicted molar refractivity (Wildman–Crippen MR) is 63.6 cm³/mol. The molecule has 75 valence electrons. The summed E-state index contributed by atoms with van der Waals surface area (Å²) >= 11 is 5.91. The van der Waals surface area contributed by atoms with Crippen LogP contribution in [0.3, 0.4) is 0 Å². The van der Waals surface area contributed by atoms with Crippen LogP contribution in [0.15, 0.2) is 42.5 Å². The average molecular weight is 217 g/mol. The SMILES string of the molecule is NCc1ccc(-c2[c]ccc(Cl)c2)cc1. The number of benzene rings is 2. The minimum atomic E-state index is 0.569. The standard InChI is InChI=1S/C13H11ClN/c14-13-3-1-2-12(8-13)11-6-4-10(9-15)5-7-11/h1,3-8H,9,15H2. The summed E-state index contributed by atoms with van der Waals surface area (Å²) in [6, 6.07) is 16.8. The van der Waals surface area contributed by atoms with Crippen LogP contribution in [-0.2, 0) is 6.54 Å². The lowest BCUT2D eigenvalue weighted by atomic mass is 10.0. The largest absolute Gasteiger partial charge is 0.326 e. The van der Waals surface area contributed by atoms with Crippen molar-refractivity contribution in [2.75, 3.05) is 0 Å². The summed E-state index contributed by atoms with van der Waals surface area (Å²) in [6.07, 6.45) is 0. The molecular formula is C13H11ClN. The molecule has 0 fully saturated rings. The Balaban J connectivity index is 2.37. The number of hydrogen-bond donors (Lipinski definition) is 1. The molecule has 15 heavy (non-hydrogen) atoms. The Labute approximate surface area is 94.5 Å². The van der Waals surface area contributed by atoms with Gasteiger partial charge < -0.3 is 5.73 Å². The van der Waals surface area contributed by atoms with Gasteiger partial charge in [0.25, 0.3) is 0 Å². The molecule has 2 N–H and O–H groups in total. The molecule has 0 spiro atoms. The maximum Gasteiger partial charge on any atom is 0.0412 e. The van der Waals surface area contributed by atoms with E-state index >= 15 is 0 Å². The van der Waals surface area contributed by atoms with Gasteiger partial charge in [0.2, 0.25) is 0 Å². The number of halogens is 1. The monoisotopic (exact) mass is 216 g/mol. The Morgan fingerprint density at radius 1 is 1.13 bits per heavy atom. The molecule has 1 radical (unpaired) electrons. The van der Waals surface area contributed by atoms with Crippen LogP contribution in [0.5, 0.6) is 0 Å². The Morgan fingerprint density at radius 2 is 1.87 bits per heavy atom. The van der Waals surface area contributed by atoms with Gasteiger partial charge in [-0.1, -0.05) is 41.9 Å². The van der Waals surface area contributed by atoms with Gasteiger partial charge in [-0.05, 0) is 34.9 Å². The van der Waals surface area contributed by atoms with Crippen molar-refractivity contribution >= 4 is 11.6 Å². The third kappa shape index (κ3) is 2.38. The molecule has 2 aromatic rings. The molecule has 0 bridgehead atoms. The fraction of sp³-hybridized carbons (Fsp3) is 0.0769. The summed E-state index contributed by atoms with van der Waals surface area (Å²) in [5, 5.41) is 0.728. The number of nitrogens with two attached hydrogens (primary N) is 1. The number of rotatable bonds is 2. The van der Waals surface area contributed by atoms with Gasteiger partial charge in [-0.2, -0.15) is 0 Å². The van der Waals surface area contributed by atoms with Crippen LogP contribution in [0.2, 0.25) is 5.02 Å². The smallest absolute Gasteiger partial charge is 0.0412 e. The molecule has 0 unspecified atom stereocenters. The second-order valence-electron chi connectivity index (χ2n) is 3.32. The summed E-state index contributed by atoms with van der Waals surface area (Å²) in [6.45, 7) is 0.569. The van der Waals surface area contributed by atoms with Gasteiger partial charge in [0.15, 0.2) is 0 Å². The van der Waals surface area contributed by atoms with Gasteiger partial charge in [0.05, 0.1) is 0 Å². The van der Waals surface area contributed by atoms with Crippen LogP contribution in [0, 0.1) is 6.07 Å². The molecule has 0 saturated heterocycles. The molecule has 0 aromatic heterocycles. The lowest BCUT2D eigenvalue weighted by molar-refractivity contribution is 1.07. The first-order valence-corrected chi connectivity index (χ1v) is 5.14. The molecule has 0 aliphatic rings. The summed E-state index contributed by atoms with van der Waals surface area (Å²) in [5.41, 5.74) is 8.77. The second kappa shape index (κ2) is 4.47. The van der Waals surface area contributed by atoms with E-state index in [2.05, 4.69) is 6.07 Å². The van der Waals surface area contributed by atoms with Crippen LogP contribution >= 0.6 is 11.6 Å². The lowest BCUT2D eigenvalue weighted by Crippen LogP contribution is -1.95. The van der Waals surface area contributed by atoms with Crippen LogP contribution in [0.4, 0.5) is 0 Å². The Morgan fingerprint density at radius 3 is 2.47 bits per heavy atom. The summed E-state index contributed by atoms with van der Waals surface area (Å²) in [4.78, 5) is 0. The first-order chi connectivity index (χ1) is 7.29. The third-order valence-corrected chi connectivity index (χ3v) is 2.50. The average Bonchev–Trinajstić information content (AvgIpc) is 2.29. The highest BCUT2D eigenvalue weighted by atomic mass is 35.5. The first-order valence-electron chi connectivity index (χ1n) is 4.76. The number of hydrogen-bond acceptors (Lipinski definition) is 1. The zero-order valence-electron chi connectivity index (χ0n) is 8.20. The van der Waals surface area contributed by atoms with Gasteiger partial charge in [-0.3, -0.25) is 0 Å². The molecule has 0 atom stereocenters. The highest BCUT2D eigenvalue weighted by molar-refractivity contribution is 6.30. The van der Waals surface area contributed by atoms with E-state index < -0.39 is 0 Å². The zero-order valence-corrected chi connectivity index (χ0v) is 8.96. The van der Waals surface area contributed by atoms with Crippen molar-refractivity contribution in [3.8, 4) is 11.1 Å². The molecule has 0 aliphatic heterocycles. The topological polar surface area (TPSA) is 26.0 Å². The molecule has 2 rings (SSSR count). The van der Waals surface area contributed by atoms with Crippen molar-refractivity contribution in [1.82, 2.24) is 0 Å². The Bertz CT molecular complexity index is 448. The first kappa shape index (κ1) is 10.2. The second-order valence-corrected chi connectivity index (χ2v) is 3.76. The lowest BCUT2D eigenvalue weighted by Gasteiger charge is -2.02. The predicted octanol–water partition coefficient (Wildman–Crippen LogP) is 3.27. The van der Waals surface area contributed by atoms with Crippen molar-refractivity contribution < 1.29 is 0 Å². The third-order valence-electron chi connectivity index (χ3n) is 2.26. The molecule has 2 heteroatoms. The van der Waals surface area contributed by atoms with Crippen LogP contribution < -0.4 is 5.73 Å². The van der Waals surface area contributed by atoms with E-state index in [0.29, 0.717) is 6.54 Å². The molecule has 0 aliphatic carbocycles. The van der Waals surface area contributed by atoms with E-state index in [9.17, 15) is 0 Å².